The van der Waals surface area contributed by atoms with Crippen LogP contribution in [-0.4, -0.2) is 19.4 Å². The molecule has 0 spiro atoms. The van der Waals surface area contributed by atoms with Crippen molar-refractivity contribution in [2.24, 2.45) is 0 Å². The lowest BCUT2D eigenvalue weighted by Crippen LogP contribution is -2.24. The van der Waals surface area contributed by atoms with Crippen molar-refractivity contribution >= 4 is 6.29 Å². The van der Waals surface area contributed by atoms with Crippen molar-refractivity contribution in [1.82, 2.24) is 5.32 Å². The van der Waals surface area contributed by atoms with Gasteiger partial charge in [0.15, 0.2) is 0 Å². The van der Waals surface area contributed by atoms with Gasteiger partial charge in [-0.2, -0.15) is 0 Å². The molecule has 0 saturated carbocycles. The average Bonchev–Trinajstić information content (AvgIpc) is 2.52. The fraction of sp³-hybridized carbons (Fsp3) is 0.526. The van der Waals surface area contributed by atoms with Gasteiger partial charge >= 0.3 is 0 Å². The molecule has 0 amide bonds. The van der Waals surface area contributed by atoms with Crippen molar-refractivity contribution in [3.05, 3.63) is 47.3 Å². The van der Waals surface area contributed by atoms with Gasteiger partial charge in [-0.25, -0.2) is 4.39 Å². The van der Waals surface area contributed by atoms with E-state index in [9.17, 15) is 9.18 Å². The van der Waals surface area contributed by atoms with Crippen LogP contribution in [-0.2, 0) is 4.79 Å². The lowest BCUT2D eigenvalue weighted by Gasteiger charge is -2.13. The molecule has 1 N–H and O–H groups in total. The van der Waals surface area contributed by atoms with E-state index < -0.39 is 0 Å². The number of benzene rings is 1. The van der Waals surface area contributed by atoms with Crippen LogP contribution in [0.2, 0.25) is 0 Å². The Kier molecular flexibility index (Phi) is 8.68. The third-order valence-corrected chi connectivity index (χ3v) is 4.10. The van der Waals surface area contributed by atoms with Crippen LogP contribution in [0.1, 0.15) is 56.1 Å². The van der Waals surface area contributed by atoms with Crippen LogP contribution in [0.4, 0.5) is 4.39 Å². The van der Waals surface area contributed by atoms with Crippen LogP contribution in [0.3, 0.4) is 0 Å². The van der Waals surface area contributed by atoms with Crippen LogP contribution in [0.15, 0.2) is 30.4 Å². The first kappa shape index (κ1) is 18.6. The normalized spacial score (nSPS) is 14.2. The average molecular weight is 305 g/mol. The predicted molar refractivity (Wildman–Crippen MR) is 90.7 cm³/mol. The van der Waals surface area contributed by atoms with Crippen LogP contribution in [0, 0.1) is 12.7 Å². The van der Waals surface area contributed by atoms with Crippen LogP contribution >= 0.6 is 0 Å². The van der Waals surface area contributed by atoms with Crippen LogP contribution in [0.25, 0.3) is 0 Å². The number of carbonyl (C=O) groups is 1. The number of aldehydes is 1. The minimum Gasteiger partial charge on any atom is -0.317 e. The summed E-state index contributed by atoms with van der Waals surface area (Å²) in [5.74, 6) is 0.155. The first-order chi connectivity index (χ1) is 10.6. The number of allylic oxidation sites excluding steroid dienone is 2. The number of unbranched alkanes of at least 4 members (excludes halogenated alkanes) is 1. The van der Waals surface area contributed by atoms with Gasteiger partial charge in [0.25, 0.3) is 0 Å². The Labute approximate surface area is 133 Å². The molecule has 2 unspecified atom stereocenters. The molecular formula is C19H28FNO. The number of hydrogen-bond donors (Lipinski definition) is 1. The molecule has 0 aliphatic rings. The maximum Gasteiger partial charge on any atom is 0.126 e. The Bertz CT molecular complexity index is 484. The van der Waals surface area contributed by atoms with Crippen molar-refractivity contribution in [3.8, 4) is 0 Å². The molecule has 0 aromatic heterocycles. The van der Waals surface area contributed by atoms with Crippen molar-refractivity contribution < 1.29 is 9.18 Å². The highest BCUT2D eigenvalue weighted by Gasteiger charge is 2.05. The smallest absolute Gasteiger partial charge is 0.126 e. The first-order valence-electron chi connectivity index (χ1n) is 8.12. The summed E-state index contributed by atoms with van der Waals surface area (Å²) in [7, 11) is 1.95. The summed E-state index contributed by atoms with van der Waals surface area (Å²) in [5, 5.41) is 3.26. The highest BCUT2D eigenvalue weighted by molar-refractivity contribution is 5.49. The van der Waals surface area contributed by atoms with Gasteiger partial charge in [0.2, 0.25) is 0 Å². The molecule has 0 fully saturated rings. The zero-order chi connectivity index (χ0) is 16.4. The van der Waals surface area contributed by atoms with Gasteiger partial charge in [0.1, 0.15) is 12.1 Å². The van der Waals surface area contributed by atoms with Gasteiger partial charge in [-0.15, -0.1) is 0 Å². The van der Waals surface area contributed by atoms with E-state index >= 15 is 0 Å². The molecule has 22 heavy (non-hydrogen) atoms. The molecule has 3 heteroatoms. The van der Waals surface area contributed by atoms with Gasteiger partial charge in [-0.1, -0.05) is 31.2 Å². The minimum atomic E-state index is -0.145. The SMILES string of the molecule is CNC(CCC=O)CCC/C=C/C(C)c1ccc(F)c(C)c1. The van der Waals surface area contributed by atoms with Gasteiger partial charge in [-0.05, 0) is 62.8 Å². The Morgan fingerprint density at radius 2 is 2.05 bits per heavy atom. The van der Waals surface area contributed by atoms with E-state index in [0.717, 1.165) is 37.5 Å². The summed E-state index contributed by atoms with van der Waals surface area (Å²) in [6, 6.07) is 5.74. The van der Waals surface area contributed by atoms with E-state index in [-0.39, 0.29) is 5.82 Å². The van der Waals surface area contributed by atoms with Gasteiger partial charge < -0.3 is 10.1 Å². The summed E-state index contributed by atoms with van der Waals surface area (Å²) in [6.07, 6.45) is 10.1. The lowest BCUT2D eigenvalue weighted by molar-refractivity contribution is -0.108. The lowest BCUT2D eigenvalue weighted by atomic mass is 9.98. The number of carbonyl (C=O) groups excluding carboxylic acids is 1. The zero-order valence-electron chi connectivity index (χ0n) is 13.9. The molecule has 2 nitrogen and oxygen atoms in total. The largest absolute Gasteiger partial charge is 0.317 e. The summed E-state index contributed by atoms with van der Waals surface area (Å²) in [6.45, 7) is 3.93. The second kappa shape index (κ2) is 10.3. The zero-order valence-corrected chi connectivity index (χ0v) is 13.9. The molecule has 1 aromatic carbocycles. The molecule has 122 valence electrons. The van der Waals surface area contributed by atoms with E-state index in [0.29, 0.717) is 23.9 Å². The van der Waals surface area contributed by atoms with E-state index in [1.54, 1.807) is 13.0 Å². The third kappa shape index (κ3) is 6.52. The quantitative estimate of drug-likeness (QED) is 0.391. The van der Waals surface area contributed by atoms with Crippen molar-refractivity contribution in [3.63, 3.8) is 0 Å². The number of nitrogens with one attached hydrogen (secondary N) is 1. The molecule has 0 aliphatic heterocycles. The van der Waals surface area contributed by atoms with Gasteiger partial charge in [0, 0.05) is 12.5 Å². The van der Waals surface area contributed by atoms with Crippen molar-refractivity contribution in [2.75, 3.05) is 7.05 Å². The van der Waals surface area contributed by atoms with E-state index in [1.165, 1.54) is 0 Å². The molecule has 0 saturated heterocycles. The third-order valence-electron chi connectivity index (χ3n) is 4.10. The van der Waals surface area contributed by atoms with Crippen molar-refractivity contribution in [2.45, 2.75) is 57.9 Å². The van der Waals surface area contributed by atoms with Gasteiger partial charge in [0.05, 0.1) is 0 Å². The van der Waals surface area contributed by atoms with E-state index in [4.69, 9.17) is 0 Å². The van der Waals surface area contributed by atoms with E-state index in [2.05, 4.69) is 24.4 Å². The first-order valence-corrected chi connectivity index (χ1v) is 8.12. The molecular weight excluding hydrogens is 277 g/mol. The number of aryl methyl sites for hydroxylation is 1. The van der Waals surface area contributed by atoms with E-state index in [1.807, 2.05) is 19.2 Å². The van der Waals surface area contributed by atoms with Crippen molar-refractivity contribution in [1.29, 1.82) is 0 Å². The maximum absolute atomic E-state index is 13.3. The Hall–Kier alpha value is -1.48. The Morgan fingerprint density at radius 1 is 1.27 bits per heavy atom. The Morgan fingerprint density at radius 3 is 2.68 bits per heavy atom. The molecule has 0 heterocycles. The summed E-state index contributed by atoms with van der Waals surface area (Å²) in [5.41, 5.74) is 1.85. The monoisotopic (exact) mass is 305 g/mol. The van der Waals surface area contributed by atoms with Gasteiger partial charge in [-0.3, -0.25) is 0 Å². The molecule has 1 rings (SSSR count). The van der Waals surface area contributed by atoms with Crippen LogP contribution in [0.5, 0.6) is 0 Å². The number of hydrogen-bond acceptors (Lipinski definition) is 2. The van der Waals surface area contributed by atoms with Crippen LogP contribution < -0.4 is 5.32 Å². The fourth-order valence-electron chi connectivity index (χ4n) is 2.55. The second-order valence-corrected chi connectivity index (χ2v) is 5.89. The minimum absolute atomic E-state index is 0.145. The molecule has 1 aromatic rings. The maximum atomic E-state index is 13.3. The highest BCUT2D eigenvalue weighted by atomic mass is 19.1. The molecule has 0 bridgehead atoms. The Balaban J connectivity index is 2.35. The highest BCUT2D eigenvalue weighted by Crippen LogP contribution is 2.20. The summed E-state index contributed by atoms with van der Waals surface area (Å²) in [4.78, 5) is 10.4. The summed E-state index contributed by atoms with van der Waals surface area (Å²) < 4.78 is 13.3. The predicted octanol–water partition coefficient (Wildman–Crippen LogP) is 4.53. The second-order valence-electron chi connectivity index (χ2n) is 5.89. The number of halogens is 1. The molecule has 0 radical (unpaired) electrons. The molecule has 0 aliphatic carbocycles. The topological polar surface area (TPSA) is 29.1 Å². The molecule has 2 atom stereocenters. The summed E-state index contributed by atoms with van der Waals surface area (Å²) >= 11 is 0. The standard InChI is InChI=1S/C19H28FNO/c1-15(17-11-12-19(20)16(2)14-17)8-5-4-6-9-18(21-3)10-7-13-22/h5,8,11-15,18,21H,4,6-7,9-10H2,1-3H3/b8-5+. The fourth-order valence-corrected chi connectivity index (χ4v) is 2.55. The number of rotatable bonds is 10.